The van der Waals surface area contributed by atoms with Crippen molar-refractivity contribution in [2.45, 2.75) is 37.3 Å². The average molecular weight is 353 g/mol. The second-order valence-corrected chi connectivity index (χ2v) is 9.82. The predicted octanol–water partition coefficient (Wildman–Crippen LogP) is 2.31. The van der Waals surface area contributed by atoms with Gasteiger partial charge in [-0.05, 0) is 39.8 Å². The van der Waals surface area contributed by atoms with Crippen molar-refractivity contribution in [3.63, 3.8) is 0 Å². The van der Waals surface area contributed by atoms with Crippen molar-refractivity contribution in [2.75, 3.05) is 0 Å². The molecular weight excluding hydrogens is 334 g/mol. The minimum atomic E-state index is -3.69. The number of nitrogens with zero attached hydrogens (tertiary/aromatic N) is 3. The molecule has 2 rings (SSSR count). The molecule has 0 saturated carbocycles. The maximum atomic E-state index is 12.5. The molecule has 1 atom stereocenters. The number of aromatic nitrogens is 2. The zero-order valence-corrected chi connectivity index (χ0v) is 15.1. The zero-order valence-electron chi connectivity index (χ0n) is 13.4. The van der Waals surface area contributed by atoms with Crippen molar-refractivity contribution >= 4 is 27.6 Å². The molecule has 0 saturated heterocycles. The van der Waals surface area contributed by atoms with Gasteiger partial charge in [0.1, 0.15) is 34.3 Å². The molecule has 124 valence electrons. The van der Waals surface area contributed by atoms with Crippen LogP contribution in [-0.4, -0.2) is 32.9 Å². The van der Waals surface area contributed by atoms with Crippen molar-refractivity contribution in [2.24, 2.45) is 4.40 Å². The molecule has 2 aromatic rings. The largest absolute Gasteiger partial charge is 0.591 e. The van der Waals surface area contributed by atoms with E-state index in [1.54, 1.807) is 45.0 Å². The molecule has 0 aliphatic carbocycles. The number of imidazole rings is 1. The Kier molecular flexibility index (Phi) is 4.98. The molecule has 0 aliphatic heterocycles. The highest BCUT2D eigenvalue weighted by Crippen LogP contribution is 2.17. The molecule has 1 aromatic heterocycles. The second kappa shape index (κ2) is 6.46. The number of hydrogen-bond acceptors (Lipinski definition) is 5. The first-order chi connectivity index (χ1) is 10.6. The summed E-state index contributed by atoms with van der Waals surface area (Å²) in [6, 6.07) is 6.57. The molecule has 1 unspecified atom stereocenters. The summed E-state index contributed by atoms with van der Waals surface area (Å²) in [5, 5.41) is 0. The second-order valence-electron chi connectivity index (χ2n) is 6.04. The molecule has 0 radical (unpaired) electrons. The Morgan fingerprint density at radius 1 is 1.26 bits per heavy atom. The van der Waals surface area contributed by atoms with Crippen molar-refractivity contribution in [1.82, 2.24) is 8.96 Å². The molecule has 1 heterocycles. The Labute approximate surface area is 139 Å². The van der Waals surface area contributed by atoms with E-state index in [0.717, 1.165) is 9.54 Å². The molecule has 1 aromatic carbocycles. The van der Waals surface area contributed by atoms with Crippen LogP contribution in [0.2, 0.25) is 0 Å². The molecule has 0 amide bonds. The van der Waals surface area contributed by atoms with Crippen LogP contribution in [0.5, 0.6) is 0 Å². The van der Waals surface area contributed by atoms with Crippen LogP contribution in [-0.2, 0) is 21.4 Å². The normalized spacial score (nSPS) is 14.3. The van der Waals surface area contributed by atoms with Crippen molar-refractivity contribution in [3.05, 3.63) is 48.0 Å². The first kappa shape index (κ1) is 17.7. The van der Waals surface area contributed by atoms with Gasteiger partial charge in [0.2, 0.25) is 0 Å². The highest BCUT2D eigenvalue weighted by atomic mass is 32.2. The number of hydrogen-bond donors (Lipinski definition) is 0. The topological polar surface area (TPSA) is 87.4 Å². The molecule has 0 spiro atoms. The van der Waals surface area contributed by atoms with E-state index in [2.05, 4.69) is 9.38 Å². The Balaban J connectivity index is 2.25. The minimum Gasteiger partial charge on any atom is -0.591 e. The average Bonchev–Trinajstić information content (AvgIpc) is 2.93. The monoisotopic (exact) mass is 353 g/mol. The van der Waals surface area contributed by atoms with E-state index in [4.69, 9.17) is 0 Å². The number of aryl methyl sites for hydroxylation is 1. The van der Waals surface area contributed by atoms with Gasteiger partial charge in [-0.2, -0.15) is 0 Å². The summed E-state index contributed by atoms with van der Waals surface area (Å²) >= 11 is -1.42. The zero-order chi connectivity index (χ0) is 17.3. The summed E-state index contributed by atoms with van der Waals surface area (Å²) in [6.45, 7) is 7.31. The van der Waals surface area contributed by atoms with Gasteiger partial charge < -0.3 is 4.55 Å². The van der Waals surface area contributed by atoms with E-state index in [-0.39, 0.29) is 4.90 Å². The molecule has 23 heavy (non-hydrogen) atoms. The maximum absolute atomic E-state index is 12.5. The highest BCUT2D eigenvalue weighted by molar-refractivity contribution is 7.91. The van der Waals surface area contributed by atoms with Crippen LogP contribution in [0.3, 0.4) is 0 Å². The van der Waals surface area contributed by atoms with Crippen LogP contribution in [0.1, 0.15) is 32.0 Å². The van der Waals surface area contributed by atoms with Gasteiger partial charge in [0.05, 0.1) is 4.90 Å². The molecule has 0 bridgehead atoms. The Morgan fingerprint density at radius 2 is 1.87 bits per heavy atom. The van der Waals surface area contributed by atoms with Gasteiger partial charge in [0.25, 0.3) is 10.0 Å². The van der Waals surface area contributed by atoms with E-state index < -0.39 is 26.1 Å². The lowest BCUT2D eigenvalue weighted by Gasteiger charge is -2.17. The van der Waals surface area contributed by atoms with Gasteiger partial charge in [-0.1, -0.05) is 22.1 Å². The lowest BCUT2D eigenvalue weighted by Crippen LogP contribution is -2.25. The Bertz CT molecular complexity index is 803. The van der Waals surface area contributed by atoms with E-state index in [9.17, 15) is 13.0 Å². The third kappa shape index (κ3) is 4.21. The van der Waals surface area contributed by atoms with Gasteiger partial charge in [-0.3, -0.25) is 0 Å². The first-order valence-corrected chi connectivity index (χ1v) is 9.48. The van der Waals surface area contributed by atoms with E-state index in [0.29, 0.717) is 5.69 Å². The summed E-state index contributed by atoms with van der Waals surface area (Å²) in [7, 11) is -3.69. The SMILES string of the molecule is Cc1ccc(S(=O)(=O)n2cnc(C=N[S+]([O-])C(C)(C)C)c2)cc1. The summed E-state index contributed by atoms with van der Waals surface area (Å²) in [4.78, 5) is 4.16. The Morgan fingerprint density at radius 3 is 2.43 bits per heavy atom. The third-order valence-electron chi connectivity index (χ3n) is 2.98. The molecule has 6 nitrogen and oxygen atoms in total. The number of benzene rings is 1. The van der Waals surface area contributed by atoms with Crippen molar-refractivity contribution < 1.29 is 13.0 Å². The smallest absolute Gasteiger partial charge is 0.268 e. The van der Waals surface area contributed by atoms with E-state index >= 15 is 0 Å². The van der Waals surface area contributed by atoms with Crippen LogP contribution in [0.4, 0.5) is 0 Å². The maximum Gasteiger partial charge on any atom is 0.268 e. The summed E-state index contributed by atoms with van der Waals surface area (Å²) in [5.41, 5.74) is 1.31. The fourth-order valence-electron chi connectivity index (χ4n) is 1.61. The first-order valence-electron chi connectivity index (χ1n) is 6.93. The van der Waals surface area contributed by atoms with Gasteiger partial charge in [0, 0.05) is 6.20 Å². The summed E-state index contributed by atoms with van der Waals surface area (Å²) in [5.74, 6) is 0. The predicted molar refractivity (Wildman–Crippen MR) is 91.5 cm³/mol. The van der Waals surface area contributed by atoms with E-state index in [1.165, 1.54) is 18.7 Å². The van der Waals surface area contributed by atoms with Crippen molar-refractivity contribution in [3.8, 4) is 0 Å². The van der Waals surface area contributed by atoms with Crippen molar-refractivity contribution in [1.29, 1.82) is 0 Å². The van der Waals surface area contributed by atoms with Gasteiger partial charge >= 0.3 is 0 Å². The summed E-state index contributed by atoms with van der Waals surface area (Å²) < 4.78 is 41.3. The summed E-state index contributed by atoms with van der Waals surface area (Å²) in [6.07, 6.45) is 3.87. The number of rotatable bonds is 4. The van der Waals surface area contributed by atoms with Gasteiger partial charge in [0.15, 0.2) is 0 Å². The molecular formula is C15H19N3O3S2. The van der Waals surface area contributed by atoms with Crippen LogP contribution < -0.4 is 0 Å². The molecule has 0 N–H and O–H groups in total. The van der Waals surface area contributed by atoms with Crippen LogP contribution in [0.15, 0.2) is 46.1 Å². The molecule has 0 fully saturated rings. The quantitative estimate of drug-likeness (QED) is 0.623. The Hall–Kier alpha value is -1.64. The van der Waals surface area contributed by atoms with Crippen LogP contribution >= 0.6 is 0 Å². The minimum absolute atomic E-state index is 0.183. The van der Waals surface area contributed by atoms with Gasteiger partial charge in [-0.25, -0.2) is 17.4 Å². The standard InChI is InChI=1S/C15H19N3O3S2/c1-12-5-7-14(8-6-12)23(20,21)18-10-13(16-11-18)9-17-22(19)15(2,3)4/h5-11H,1-4H3. The van der Waals surface area contributed by atoms with E-state index in [1.807, 2.05) is 6.92 Å². The lowest BCUT2D eigenvalue weighted by molar-refractivity contribution is 0.561. The van der Waals surface area contributed by atoms with Crippen LogP contribution in [0.25, 0.3) is 0 Å². The lowest BCUT2D eigenvalue weighted by atomic mass is 10.2. The van der Waals surface area contributed by atoms with Gasteiger partial charge in [-0.15, -0.1) is 0 Å². The van der Waals surface area contributed by atoms with Crippen LogP contribution in [0, 0.1) is 6.92 Å². The fourth-order valence-corrected chi connectivity index (χ4v) is 3.27. The molecule has 8 heteroatoms. The third-order valence-corrected chi connectivity index (χ3v) is 5.95. The fraction of sp³-hybridized carbons (Fsp3) is 0.333. The highest BCUT2D eigenvalue weighted by Gasteiger charge is 2.26. The molecule has 0 aliphatic rings.